The topological polar surface area (TPSA) is 86.2 Å². The Hall–Kier alpha value is 1.89. The zero-order chi connectivity index (χ0) is 4.50. The van der Waals surface area contributed by atoms with E-state index in [1.807, 2.05) is 0 Å². The van der Waals surface area contributed by atoms with E-state index in [1.165, 1.54) is 0 Å². The van der Waals surface area contributed by atoms with Gasteiger partial charge in [-0.25, -0.2) is 0 Å². The van der Waals surface area contributed by atoms with Gasteiger partial charge in [-0.2, -0.15) is 7.82 Å². The summed E-state index contributed by atoms with van der Waals surface area (Å²) in [6.45, 7) is 0. The predicted octanol–water partition coefficient (Wildman–Crippen LogP) is -3.21. The maximum absolute atomic E-state index is 8.55. The van der Waals surface area contributed by atoms with Gasteiger partial charge in [-0.1, -0.05) is 0 Å². The SMILES string of the molecule is O=P([O-])([O-])[O-].[Ca+2].[Fe+3]. The van der Waals surface area contributed by atoms with E-state index in [9.17, 15) is 0 Å². The number of hydrogen-bond acceptors (Lipinski definition) is 4. The molecule has 0 amide bonds. The van der Waals surface area contributed by atoms with E-state index in [1.54, 1.807) is 0 Å². The van der Waals surface area contributed by atoms with Crippen LogP contribution < -0.4 is 14.7 Å². The Bertz CT molecular complexity index is 57.8. The standard InChI is InChI=1S/Ca.Fe.H3O4P/c;;1-5(2,3)4/h;;(H3,1,2,3,4)/q+2;+3;/p-3. The molecule has 0 N–H and O–H groups in total. The van der Waals surface area contributed by atoms with Crippen molar-refractivity contribution in [3.05, 3.63) is 0 Å². The minimum Gasteiger partial charge on any atom is -0.822 e. The first kappa shape index (κ1) is 16.0. The molecule has 0 atom stereocenters. The van der Waals surface area contributed by atoms with Crippen molar-refractivity contribution in [1.82, 2.24) is 0 Å². The van der Waals surface area contributed by atoms with E-state index in [4.69, 9.17) is 19.2 Å². The first-order valence-electron chi connectivity index (χ1n) is 0.730. The molecule has 7 heteroatoms. The first-order valence-corrected chi connectivity index (χ1v) is 2.19. The minimum atomic E-state index is -5.39. The van der Waals surface area contributed by atoms with Crippen LogP contribution in [0.5, 0.6) is 0 Å². The van der Waals surface area contributed by atoms with Gasteiger partial charge in [0, 0.05) is 0 Å². The molecule has 0 saturated heterocycles. The third kappa shape index (κ3) is 76.7. The molecule has 0 aromatic heterocycles. The quantitative estimate of drug-likeness (QED) is 0.298. The van der Waals surface area contributed by atoms with Crippen LogP contribution in [-0.4, -0.2) is 37.7 Å². The van der Waals surface area contributed by atoms with Crippen molar-refractivity contribution in [3.8, 4) is 0 Å². The number of rotatable bonds is 0. The minimum absolute atomic E-state index is 0. The summed E-state index contributed by atoms with van der Waals surface area (Å²) in [6.07, 6.45) is 0. The van der Waals surface area contributed by atoms with Crippen LogP contribution in [0.2, 0.25) is 0 Å². The predicted molar refractivity (Wildman–Crippen MR) is 13.4 cm³/mol. The Morgan fingerprint density at radius 1 is 1.14 bits per heavy atom. The average Bonchev–Trinajstić information content (AvgIpc) is 0.722. The van der Waals surface area contributed by atoms with Crippen LogP contribution in [0.15, 0.2) is 0 Å². The van der Waals surface area contributed by atoms with Crippen LogP contribution in [-0.2, 0) is 21.6 Å². The van der Waals surface area contributed by atoms with Gasteiger partial charge in [0.15, 0.2) is 0 Å². The Morgan fingerprint density at radius 3 is 1.14 bits per heavy atom. The van der Waals surface area contributed by atoms with Gasteiger partial charge in [0.05, 0.1) is 0 Å². The van der Waals surface area contributed by atoms with Crippen LogP contribution in [0.1, 0.15) is 0 Å². The molecule has 0 aliphatic rings. The van der Waals surface area contributed by atoms with Crippen LogP contribution in [0, 0.1) is 0 Å². The fourth-order valence-corrected chi connectivity index (χ4v) is 0. The molecule has 0 heterocycles. The third-order valence-corrected chi connectivity index (χ3v) is 0. The Kier molecular flexibility index (Phi) is 13.7. The van der Waals surface area contributed by atoms with Crippen LogP contribution in [0.4, 0.5) is 0 Å². The van der Waals surface area contributed by atoms with Gasteiger partial charge in [-0.15, -0.1) is 0 Å². The zero-order valence-electron chi connectivity index (χ0n) is 3.14. The molecule has 4 nitrogen and oxygen atoms in total. The van der Waals surface area contributed by atoms with Gasteiger partial charge in [-0.3, -0.25) is 0 Å². The molecule has 37 valence electrons. The van der Waals surface area contributed by atoms with E-state index in [0.29, 0.717) is 0 Å². The summed E-state index contributed by atoms with van der Waals surface area (Å²) in [6, 6.07) is 0. The van der Waals surface area contributed by atoms with Crippen LogP contribution >= 0.6 is 7.82 Å². The first-order chi connectivity index (χ1) is 2.00. The normalized spacial score (nSPS) is 8.43. The van der Waals surface area contributed by atoms with Crippen molar-refractivity contribution >= 4 is 45.6 Å². The van der Waals surface area contributed by atoms with Crippen molar-refractivity contribution in [2.24, 2.45) is 0 Å². The van der Waals surface area contributed by atoms with E-state index >= 15 is 0 Å². The smallest absolute Gasteiger partial charge is 0.822 e. The molecular weight excluding hydrogens is 191 g/mol. The molecule has 0 aromatic carbocycles. The average molecular weight is 191 g/mol. The van der Waals surface area contributed by atoms with Gasteiger partial charge >= 0.3 is 54.8 Å². The molecule has 7 heavy (non-hydrogen) atoms. The van der Waals surface area contributed by atoms with Crippen molar-refractivity contribution in [3.63, 3.8) is 0 Å². The van der Waals surface area contributed by atoms with Crippen LogP contribution in [0.3, 0.4) is 0 Å². The summed E-state index contributed by atoms with van der Waals surface area (Å²) < 4.78 is 8.55. The summed E-state index contributed by atoms with van der Waals surface area (Å²) in [5.41, 5.74) is 0. The summed E-state index contributed by atoms with van der Waals surface area (Å²) >= 11 is 0. The largest absolute Gasteiger partial charge is 3.00 e. The monoisotopic (exact) mass is 191 g/mol. The van der Waals surface area contributed by atoms with Gasteiger partial charge < -0.3 is 19.2 Å². The van der Waals surface area contributed by atoms with Crippen molar-refractivity contribution in [2.75, 3.05) is 0 Å². The summed E-state index contributed by atoms with van der Waals surface area (Å²) in [5, 5.41) is 0. The van der Waals surface area contributed by atoms with E-state index in [-0.39, 0.29) is 54.8 Å². The van der Waals surface area contributed by atoms with E-state index < -0.39 is 7.82 Å². The second-order valence-corrected chi connectivity index (χ2v) is 1.34. The van der Waals surface area contributed by atoms with E-state index in [0.717, 1.165) is 0 Å². The molecule has 0 bridgehead atoms. The second kappa shape index (κ2) is 6.02. The van der Waals surface area contributed by atoms with Crippen molar-refractivity contribution in [1.29, 1.82) is 0 Å². The summed E-state index contributed by atoms with van der Waals surface area (Å²) in [7, 11) is -5.39. The van der Waals surface area contributed by atoms with Gasteiger partial charge in [0.25, 0.3) is 0 Å². The molecule has 0 unspecified atom stereocenters. The van der Waals surface area contributed by atoms with Gasteiger partial charge in [0.2, 0.25) is 0 Å². The van der Waals surface area contributed by atoms with Gasteiger partial charge in [-0.05, 0) is 0 Å². The Morgan fingerprint density at radius 2 is 1.14 bits per heavy atom. The maximum Gasteiger partial charge on any atom is 3.00 e. The maximum atomic E-state index is 8.55. The second-order valence-electron chi connectivity index (χ2n) is 0.447. The fourth-order valence-electron chi connectivity index (χ4n) is 0. The molecule has 0 rings (SSSR count). The van der Waals surface area contributed by atoms with Crippen LogP contribution in [0.25, 0.3) is 0 Å². The molecular formula is CaFeO4P+2. The Balaban J connectivity index is -0.0000000800. The molecule has 0 fully saturated rings. The molecule has 0 aromatic rings. The van der Waals surface area contributed by atoms with Crippen molar-refractivity contribution < 1.29 is 36.3 Å². The molecule has 0 aliphatic heterocycles. The fraction of sp³-hybridized carbons (Fsp3) is 0. The Labute approximate surface area is 81.0 Å². The third-order valence-electron chi connectivity index (χ3n) is 0. The molecule has 1 radical (unpaired) electrons. The number of phosphoric acid groups is 1. The summed E-state index contributed by atoms with van der Waals surface area (Å²) in [5.74, 6) is 0. The molecule has 0 spiro atoms. The summed E-state index contributed by atoms with van der Waals surface area (Å²) in [4.78, 5) is 25.6. The van der Waals surface area contributed by atoms with Crippen molar-refractivity contribution in [2.45, 2.75) is 0 Å². The zero-order valence-corrected chi connectivity index (χ0v) is 7.35. The molecule has 0 aliphatic carbocycles. The molecule has 0 saturated carbocycles. The number of hydrogen-bond donors (Lipinski definition) is 0. The van der Waals surface area contributed by atoms with E-state index in [2.05, 4.69) is 0 Å². The van der Waals surface area contributed by atoms with Gasteiger partial charge in [0.1, 0.15) is 0 Å².